The lowest BCUT2D eigenvalue weighted by Gasteiger charge is -2.52. The number of rotatable bonds is 7. The molecule has 0 saturated carbocycles. The molecule has 2 atom stereocenters. The Balaban J connectivity index is 0.000000540. The molecule has 0 aromatic carbocycles. The van der Waals surface area contributed by atoms with Crippen LogP contribution in [0.15, 0.2) is 0 Å². The molecule has 0 radical (unpaired) electrons. The average Bonchev–Trinajstić information content (AvgIpc) is 2.47. The summed E-state index contributed by atoms with van der Waals surface area (Å²) >= 11 is 0. The molecule has 1 aliphatic heterocycles. The fourth-order valence-electron chi connectivity index (χ4n) is 3.50. The van der Waals surface area contributed by atoms with Gasteiger partial charge in [0.25, 0.3) is 0 Å². The summed E-state index contributed by atoms with van der Waals surface area (Å²) in [5.41, 5.74) is 0.252. The van der Waals surface area contributed by atoms with Gasteiger partial charge in [0, 0.05) is 11.1 Å². The van der Waals surface area contributed by atoms with Gasteiger partial charge in [0.05, 0.1) is 30.8 Å². The second-order valence-corrected chi connectivity index (χ2v) is 8.33. The third-order valence-electron chi connectivity index (χ3n) is 5.20. The van der Waals surface area contributed by atoms with Gasteiger partial charge in [-0.3, -0.25) is 24.1 Å². The summed E-state index contributed by atoms with van der Waals surface area (Å²) in [4.78, 5) is 44.3. The molecule has 5 N–H and O–H groups in total. The molecule has 10 heteroatoms. The Kier molecular flexibility index (Phi) is 9.06. The second-order valence-electron chi connectivity index (χ2n) is 8.33. The third-order valence-corrected chi connectivity index (χ3v) is 5.20. The Hall–Kier alpha value is -2.20. The Morgan fingerprint density at radius 1 is 0.821 bits per heavy atom. The van der Waals surface area contributed by atoms with Crippen molar-refractivity contribution >= 4 is 23.9 Å². The van der Waals surface area contributed by atoms with Crippen LogP contribution in [-0.2, 0) is 19.2 Å². The van der Waals surface area contributed by atoms with E-state index in [4.69, 9.17) is 20.4 Å². The van der Waals surface area contributed by atoms with E-state index in [-0.39, 0.29) is 17.2 Å². The van der Waals surface area contributed by atoms with E-state index in [0.717, 1.165) is 12.8 Å². The number of hydrogen-bond donors (Lipinski definition) is 5. The van der Waals surface area contributed by atoms with Crippen molar-refractivity contribution in [2.45, 2.75) is 70.6 Å². The predicted molar refractivity (Wildman–Crippen MR) is 97.9 cm³/mol. The van der Waals surface area contributed by atoms with Crippen molar-refractivity contribution < 1.29 is 44.7 Å². The van der Waals surface area contributed by atoms with Gasteiger partial charge in [0.2, 0.25) is 0 Å². The van der Waals surface area contributed by atoms with Crippen molar-refractivity contribution in [2.24, 2.45) is 11.8 Å². The molecular formula is C18H31NO9. The molecule has 28 heavy (non-hydrogen) atoms. The van der Waals surface area contributed by atoms with Crippen molar-refractivity contribution in [3.8, 4) is 0 Å². The van der Waals surface area contributed by atoms with Crippen molar-refractivity contribution in [1.82, 2.24) is 4.90 Å². The highest BCUT2D eigenvalue weighted by molar-refractivity contribution is 5.86. The Labute approximate surface area is 163 Å². The minimum atomic E-state index is -1.76. The van der Waals surface area contributed by atoms with Crippen LogP contribution in [0.25, 0.3) is 0 Å². The Morgan fingerprint density at radius 3 is 1.32 bits per heavy atom. The summed E-state index contributed by atoms with van der Waals surface area (Å²) in [6, 6.07) is 0. The molecule has 0 aromatic heterocycles. The lowest BCUT2D eigenvalue weighted by Crippen LogP contribution is -2.59. The third kappa shape index (κ3) is 7.81. The van der Waals surface area contributed by atoms with Gasteiger partial charge in [0.15, 0.2) is 0 Å². The molecule has 0 aliphatic carbocycles. The molecule has 0 amide bonds. The van der Waals surface area contributed by atoms with Gasteiger partial charge in [-0.1, -0.05) is 0 Å². The maximum atomic E-state index is 10.6. The monoisotopic (exact) mass is 405 g/mol. The number of aliphatic hydroxyl groups excluding tert-OH is 1. The topological polar surface area (TPSA) is 173 Å². The van der Waals surface area contributed by atoms with Gasteiger partial charge in [-0.15, -0.1) is 0 Å². The molecule has 0 aromatic rings. The molecule has 10 nitrogen and oxygen atoms in total. The van der Waals surface area contributed by atoms with E-state index < -0.39 is 48.6 Å². The first-order chi connectivity index (χ1) is 12.5. The Bertz CT molecular complexity index is 550. The lowest BCUT2D eigenvalue weighted by molar-refractivity contribution is -0.160. The van der Waals surface area contributed by atoms with Gasteiger partial charge in [-0.05, 0) is 47.6 Å². The highest BCUT2D eigenvalue weighted by Crippen LogP contribution is 2.36. The van der Waals surface area contributed by atoms with Gasteiger partial charge in [0.1, 0.15) is 0 Å². The molecule has 1 heterocycles. The lowest BCUT2D eigenvalue weighted by atomic mass is 9.79. The van der Waals surface area contributed by atoms with Crippen LogP contribution < -0.4 is 0 Å². The van der Waals surface area contributed by atoms with E-state index in [9.17, 15) is 24.3 Å². The molecule has 1 fully saturated rings. The number of likely N-dealkylation sites (tertiary alicyclic amines) is 1. The van der Waals surface area contributed by atoms with E-state index in [1.165, 1.54) is 0 Å². The first-order valence-electron chi connectivity index (χ1n) is 8.82. The Morgan fingerprint density at radius 2 is 1.11 bits per heavy atom. The first kappa shape index (κ1) is 25.8. The zero-order valence-corrected chi connectivity index (χ0v) is 16.9. The zero-order chi connectivity index (χ0) is 22.4. The van der Waals surface area contributed by atoms with Crippen LogP contribution in [0.3, 0.4) is 0 Å². The fraction of sp³-hybridized carbons (Fsp3) is 0.778. The number of aliphatic carboxylic acids is 4. The average molecular weight is 405 g/mol. The summed E-state index contributed by atoms with van der Waals surface area (Å²) in [6.07, 6.45) is -0.231. The quantitative estimate of drug-likeness (QED) is 0.410. The molecule has 0 bridgehead atoms. The summed E-state index contributed by atoms with van der Waals surface area (Å²) < 4.78 is 0. The van der Waals surface area contributed by atoms with Crippen LogP contribution in [0, 0.1) is 11.8 Å². The molecule has 1 saturated heterocycles. The van der Waals surface area contributed by atoms with Gasteiger partial charge in [-0.2, -0.15) is 0 Å². The van der Waals surface area contributed by atoms with Crippen molar-refractivity contribution in [3.05, 3.63) is 0 Å². The van der Waals surface area contributed by atoms with Crippen LogP contribution in [0.4, 0.5) is 0 Å². The van der Waals surface area contributed by atoms with Crippen molar-refractivity contribution in [1.29, 1.82) is 0 Å². The van der Waals surface area contributed by atoms with Crippen LogP contribution in [-0.4, -0.2) is 78.5 Å². The minimum absolute atomic E-state index is 0.126. The van der Waals surface area contributed by atoms with Gasteiger partial charge in [-0.25, -0.2) is 0 Å². The highest BCUT2D eigenvalue weighted by Gasteiger charge is 2.42. The number of nitrogens with zero attached hydrogens (tertiary/aromatic N) is 1. The molecular weight excluding hydrogens is 374 g/mol. The number of piperidine rings is 1. The first-order valence-corrected chi connectivity index (χ1v) is 8.82. The normalized spacial score (nSPS) is 20.9. The summed E-state index contributed by atoms with van der Waals surface area (Å²) in [5, 5.41) is 43.7. The number of carboxylic acids is 4. The van der Waals surface area contributed by atoms with E-state index in [2.05, 4.69) is 39.6 Å². The molecule has 2 unspecified atom stereocenters. The molecule has 1 rings (SSSR count). The molecule has 1 aliphatic rings. The highest BCUT2D eigenvalue weighted by atomic mass is 16.4. The maximum Gasteiger partial charge on any atom is 0.307 e. The van der Waals surface area contributed by atoms with Gasteiger partial charge >= 0.3 is 23.9 Å². The number of carbonyl (C=O) groups is 4. The standard InChI is InChI=1S/C10H21NO.C8H10O8/c1-9(2)6-8(12)7-10(3,4)11(9)5;9-5(10)1-3(7(13)14)4(8(15)16)2-6(11)12/h8,12H,6-7H2,1-5H3;3-4H,1-2H2,(H,9,10)(H,11,12)(H,13,14)(H,15,16). The van der Waals surface area contributed by atoms with E-state index in [0.29, 0.717) is 0 Å². The summed E-state index contributed by atoms with van der Waals surface area (Å²) in [6.45, 7) is 8.77. The predicted octanol–water partition coefficient (Wildman–Crippen LogP) is 0.968. The van der Waals surface area contributed by atoms with Crippen molar-refractivity contribution in [2.75, 3.05) is 7.05 Å². The maximum absolute atomic E-state index is 10.6. The minimum Gasteiger partial charge on any atom is -0.481 e. The van der Waals surface area contributed by atoms with Crippen LogP contribution in [0.1, 0.15) is 53.4 Å². The van der Waals surface area contributed by atoms with Crippen LogP contribution in [0.5, 0.6) is 0 Å². The molecule has 0 spiro atoms. The van der Waals surface area contributed by atoms with Gasteiger partial charge < -0.3 is 25.5 Å². The fourth-order valence-corrected chi connectivity index (χ4v) is 3.50. The van der Waals surface area contributed by atoms with Crippen molar-refractivity contribution in [3.63, 3.8) is 0 Å². The SMILES string of the molecule is CN1C(C)(C)CC(O)CC1(C)C.O=C(O)CC(C(=O)O)C(CC(=O)O)C(=O)O. The number of hydrogen-bond acceptors (Lipinski definition) is 6. The smallest absolute Gasteiger partial charge is 0.307 e. The van der Waals surface area contributed by atoms with Crippen LogP contribution >= 0.6 is 0 Å². The van der Waals surface area contributed by atoms with E-state index in [1.54, 1.807) is 0 Å². The number of carboxylic acid groups (broad SMARTS) is 4. The van der Waals surface area contributed by atoms with Crippen LogP contribution in [0.2, 0.25) is 0 Å². The second kappa shape index (κ2) is 9.83. The summed E-state index contributed by atoms with van der Waals surface area (Å²) in [5.74, 6) is -9.79. The number of aliphatic hydroxyl groups is 1. The zero-order valence-electron chi connectivity index (χ0n) is 16.9. The summed E-state index contributed by atoms with van der Waals surface area (Å²) in [7, 11) is 2.14. The largest absolute Gasteiger partial charge is 0.481 e. The van der Waals surface area contributed by atoms with E-state index >= 15 is 0 Å². The van der Waals surface area contributed by atoms with E-state index in [1.807, 2.05) is 0 Å². The molecule has 162 valence electrons.